The Morgan fingerprint density at radius 3 is 2.64 bits per heavy atom. The Morgan fingerprint density at radius 1 is 1.29 bits per heavy atom. The summed E-state index contributed by atoms with van der Waals surface area (Å²) in [6, 6.07) is 6.07. The Hall–Kier alpha value is -2.37. The highest BCUT2D eigenvalue weighted by Gasteiger charge is 2.28. The molecule has 3 rings (SSSR count). The van der Waals surface area contributed by atoms with Crippen molar-refractivity contribution in [1.82, 2.24) is 14.7 Å². The second kappa shape index (κ2) is 8.76. The van der Waals surface area contributed by atoms with E-state index < -0.39 is 0 Å². The van der Waals surface area contributed by atoms with Crippen molar-refractivity contribution in [2.75, 3.05) is 19.7 Å². The molecular weight excluding hydrogens is 357 g/mol. The monoisotopic (exact) mass is 387 g/mol. The first kappa shape index (κ1) is 20.4. The molecule has 1 aromatic carbocycles. The average Bonchev–Trinajstić information content (AvgIpc) is 2.93. The van der Waals surface area contributed by atoms with Crippen LogP contribution in [-0.4, -0.2) is 40.3 Å². The van der Waals surface area contributed by atoms with Gasteiger partial charge in [-0.3, -0.25) is 9.48 Å². The number of likely N-dealkylation sites (tertiary alicyclic amines) is 1. The van der Waals surface area contributed by atoms with Crippen LogP contribution < -0.4 is 4.74 Å². The standard InChI is InChI=1S/C22H30FN3O2/c1-15(12-26-18(4)16(2)17(3)24-26)22(27)25-11-5-6-19(13-25)14-28-21-9-7-20(23)8-10-21/h7-10,15,19H,5-6,11-14H2,1-4H3/t15-,19-/m1/s1. The molecule has 1 saturated heterocycles. The molecule has 0 N–H and O–H groups in total. The Labute approximate surface area is 166 Å². The van der Waals surface area contributed by atoms with E-state index in [4.69, 9.17) is 4.74 Å². The molecular formula is C22H30FN3O2. The number of hydrogen-bond acceptors (Lipinski definition) is 3. The minimum Gasteiger partial charge on any atom is -0.493 e. The van der Waals surface area contributed by atoms with E-state index in [0.717, 1.165) is 30.8 Å². The zero-order chi connectivity index (χ0) is 20.3. The highest BCUT2D eigenvalue weighted by atomic mass is 19.1. The van der Waals surface area contributed by atoms with E-state index in [9.17, 15) is 9.18 Å². The lowest BCUT2D eigenvalue weighted by atomic mass is 9.97. The van der Waals surface area contributed by atoms with E-state index in [1.165, 1.54) is 17.7 Å². The first-order valence-corrected chi connectivity index (χ1v) is 10.0. The van der Waals surface area contributed by atoms with Crippen molar-refractivity contribution in [3.05, 3.63) is 47.0 Å². The Kier molecular flexibility index (Phi) is 6.37. The summed E-state index contributed by atoms with van der Waals surface area (Å²) < 4.78 is 20.7. The van der Waals surface area contributed by atoms with E-state index in [-0.39, 0.29) is 17.6 Å². The molecule has 5 nitrogen and oxygen atoms in total. The molecule has 1 amide bonds. The number of hydrogen-bond donors (Lipinski definition) is 0. The van der Waals surface area contributed by atoms with Gasteiger partial charge in [-0.05, 0) is 63.4 Å². The maximum Gasteiger partial charge on any atom is 0.227 e. The van der Waals surface area contributed by atoms with Gasteiger partial charge in [0.25, 0.3) is 0 Å². The number of aromatic nitrogens is 2. The number of piperidine rings is 1. The van der Waals surface area contributed by atoms with Crippen LogP contribution in [0.3, 0.4) is 0 Å². The summed E-state index contributed by atoms with van der Waals surface area (Å²) in [4.78, 5) is 14.9. The molecule has 2 heterocycles. The van der Waals surface area contributed by atoms with E-state index in [1.54, 1.807) is 12.1 Å². The van der Waals surface area contributed by atoms with Gasteiger partial charge in [0.15, 0.2) is 0 Å². The first-order chi connectivity index (χ1) is 13.3. The topological polar surface area (TPSA) is 47.4 Å². The fourth-order valence-electron chi connectivity index (χ4n) is 3.76. The second-order valence-corrected chi connectivity index (χ2v) is 7.94. The van der Waals surface area contributed by atoms with Crippen LogP contribution in [0.4, 0.5) is 4.39 Å². The number of ether oxygens (including phenoxy) is 1. The van der Waals surface area contributed by atoms with Crippen LogP contribution in [0, 0.1) is 38.4 Å². The number of nitrogens with zero attached hydrogens (tertiary/aromatic N) is 3. The van der Waals surface area contributed by atoms with Gasteiger partial charge in [-0.25, -0.2) is 4.39 Å². The van der Waals surface area contributed by atoms with Gasteiger partial charge in [0.1, 0.15) is 11.6 Å². The largest absolute Gasteiger partial charge is 0.493 e. The van der Waals surface area contributed by atoms with Crippen molar-refractivity contribution in [2.45, 2.75) is 47.1 Å². The minimum absolute atomic E-state index is 0.117. The van der Waals surface area contributed by atoms with Crippen LogP contribution in [0.5, 0.6) is 5.75 Å². The fraction of sp³-hybridized carbons (Fsp3) is 0.545. The number of benzene rings is 1. The molecule has 1 aromatic heterocycles. The van der Waals surface area contributed by atoms with Crippen LogP contribution in [0.2, 0.25) is 0 Å². The van der Waals surface area contributed by atoms with Gasteiger partial charge in [-0.15, -0.1) is 0 Å². The highest BCUT2D eigenvalue weighted by molar-refractivity contribution is 5.78. The van der Waals surface area contributed by atoms with Crippen molar-refractivity contribution in [3.63, 3.8) is 0 Å². The summed E-state index contributed by atoms with van der Waals surface area (Å²) in [6.45, 7) is 10.8. The number of carbonyl (C=O) groups excluding carboxylic acids is 1. The Morgan fingerprint density at radius 2 is 2.00 bits per heavy atom. The van der Waals surface area contributed by atoms with E-state index in [1.807, 2.05) is 23.4 Å². The molecule has 2 aromatic rings. The SMILES string of the molecule is Cc1nn(C[C@@H](C)C(=O)N2CCC[C@@H](COc3ccc(F)cc3)C2)c(C)c1C. The summed E-state index contributed by atoms with van der Waals surface area (Å²) in [6.07, 6.45) is 2.02. The van der Waals surface area contributed by atoms with Crippen molar-refractivity contribution in [3.8, 4) is 5.75 Å². The molecule has 0 radical (unpaired) electrons. The lowest BCUT2D eigenvalue weighted by Crippen LogP contribution is -2.44. The molecule has 0 bridgehead atoms. The summed E-state index contributed by atoms with van der Waals surface area (Å²) in [5.74, 6) is 0.753. The van der Waals surface area contributed by atoms with Gasteiger partial charge < -0.3 is 9.64 Å². The summed E-state index contributed by atoms with van der Waals surface area (Å²) >= 11 is 0. The van der Waals surface area contributed by atoms with Gasteiger partial charge in [-0.2, -0.15) is 5.10 Å². The minimum atomic E-state index is -0.270. The molecule has 1 aliphatic heterocycles. The number of carbonyl (C=O) groups is 1. The third-order valence-electron chi connectivity index (χ3n) is 5.74. The molecule has 0 spiro atoms. The first-order valence-electron chi connectivity index (χ1n) is 10.0. The highest BCUT2D eigenvalue weighted by Crippen LogP contribution is 2.21. The summed E-state index contributed by atoms with van der Waals surface area (Å²) in [5.41, 5.74) is 3.34. The van der Waals surface area contributed by atoms with Crippen LogP contribution in [-0.2, 0) is 11.3 Å². The van der Waals surface area contributed by atoms with Crippen LogP contribution in [0.1, 0.15) is 36.7 Å². The molecule has 0 unspecified atom stereocenters. The zero-order valence-corrected chi connectivity index (χ0v) is 17.2. The van der Waals surface area contributed by atoms with Gasteiger partial charge in [-0.1, -0.05) is 6.92 Å². The Bertz CT molecular complexity index is 816. The van der Waals surface area contributed by atoms with Crippen molar-refractivity contribution >= 4 is 5.91 Å². The molecule has 6 heteroatoms. The molecule has 28 heavy (non-hydrogen) atoms. The zero-order valence-electron chi connectivity index (χ0n) is 17.2. The summed E-state index contributed by atoms with van der Waals surface area (Å²) in [5, 5.41) is 4.56. The van der Waals surface area contributed by atoms with Crippen LogP contribution >= 0.6 is 0 Å². The van der Waals surface area contributed by atoms with E-state index in [0.29, 0.717) is 31.4 Å². The normalized spacial score (nSPS) is 18.2. The molecule has 1 fully saturated rings. The maximum atomic E-state index is 13.0. The van der Waals surface area contributed by atoms with E-state index >= 15 is 0 Å². The number of amides is 1. The lowest BCUT2D eigenvalue weighted by Gasteiger charge is -2.34. The fourth-order valence-corrected chi connectivity index (χ4v) is 3.76. The quantitative estimate of drug-likeness (QED) is 0.755. The summed E-state index contributed by atoms with van der Waals surface area (Å²) in [7, 11) is 0. The van der Waals surface area contributed by atoms with Gasteiger partial charge in [0.2, 0.25) is 5.91 Å². The third-order valence-corrected chi connectivity index (χ3v) is 5.74. The molecule has 0 aliphatic carbocycles. The number of rotatable bonds is 6. The molecule has 0 saturated carbocycles. The van der Waals surface area contributed by atoms with Gasteiger partial charge in [0.05, 0.1) is 24.8 Å². The van der Waals surface area contributed by atoms with Crippen LogP contribution in [0.15, 0.2) is 24.3 Å². The predicted molar refractivity (Wildman–Crippen MR) is 107 cm³/mol. The van der Waals surface area contributed by atoms with E-state index in [2.05, 4.69) is 18.9 Å². The predicted octanol–water partition coefficient (Wildman–Crippen LogP) is 3.90. The number of aryl methyl sites for hydroxylation is 1. The van der Waals surface area contributed by atoms with Crippen LogP contribution in [0.25, 0.3) is 0 Å². The van der Waals surface area contributed by atoms with Gasteiger partial charge in [0, 0.05) is 24.7 Å². The van der Waals surface area contributed by atoms with Crippen molar-refractivity contribution in [2.24, 2.45) is 11.8 Å². The average molecular weight is 387 g/mol. The third kappa shape index (κ3) is 4.72. The Balaban J connectivity index is 1.54. The maximum absolute atomic E-state index is 13.0. The molecule has 2 atom stereocenters. The number of halogens is 1. The van der Waals surface area contributed by atoms with Crippen molar-refractivity contribution < 1.29 is 13.9 Å². The smallest absolute Gasteiger partial charge is 0.227 e. The van der Waals surface area contributed by atoms with Crippen molar-refractivity contribution in [1.29, 1.82) is 0 Å². The molecule has 1 aliphatic rings. The molecule has 152 valence electrons. The lowest BCUT2D eigenvalue weighted by molar-refractivity contribution is -0.137. The second-order valence-electron chi connectivity index (χ2n) is 7.94. The van der Waals surface area contributed by atoms with Gasteiger partial charge >= 0.3 is 0 Å².